The van der Waals surface area contributed by atoms with Gasteiger partial charge in [0.2, 0.25) is 0 Å². The lowest BCUT2D eigenvalue weighted by molar-refractivity contribution is -0.0400. The molecule has 3 aromatic rings. The van der Waals surface area contributed by atoms with Crippen LogP contribution in [-0.4, -0.2) is 38.3 Å². The number of anilines is 1. The third-order valence-electron chi connectivity index (χ3n) is 5.01. The fourth-order valence-corrected chi connectivity index (χ4v) is 4.62. The second-order valence-electron chi connectivity index (χ2n) is 7.50. The summed E-state index contributed by atoms with van der Waals surface area (Å²) in [4.78, 5) is 14.8. The van der Waals surface area contributed by atoms with Crippen molar-refractivity contribution in [3.8, 4) is 0 Å². The molecule has 1 aliphatic rings. The molecule has 0 amide bonds. The molecule has 138 valence electrons. The predicted molar refractivity (Wildman–Crippen MR) is 105 cm³/mol. The van der Waals surface area contributed by atoms with Gasteiger partial charge in [-0.05, 0) is 32.8 Å². The second kappa shape index (κ2) is 6.40. The van der Waals surface area contributed by atoms with Crippen LogP contribution in [0, 0.1) is 6.92 Å². The number of aliphatic hydroxyl groups excluding tert-OH is 1. The Kier molecular flexibility index (Phi) is 4.33. The van der Waals surface area contributed by atoms with Crippen LogP contribution in [0.1, 0.15) is 44.0 Å². The predicted octanol–water partition coefficient (Wildman–Crippen LogP) is 3.58. The van der Waals surface area contributed by atoms with E-state index in [1.54, 1.807) is 17.7 Å². The van der Waals surface area contributed by atoms with Crippen LogP contribution in [0.5, 0.6) is 0 Å². The molecule has 0 aromatic carbocycles. The number of nitrogens with zero attached hydrogens (tertiary/aromatic N) is 3. The summed E-state index contributed by atoms with van der Waals surface area (Å²) < 4.78 is 7.00. The molecule has 0 spiro atoms. The number of thiophene rings is 1. The van der Waals surface area contributed by atoms with Gasteiger partial charge in [-0.3, -0.25) is 0 Å². The Labute approximate surface area is 156 Å². The van der Waals surface area contributed by atoms with Gasteiger partial charge in [-0.15, -0.1) is 11.3 Å². The van der Waals surface area contributed by atoms with Gasteiger partial charge in [-0.25, -0.2) is 15.0 Å². The SMILES string of the molecule is CC[C@@H](O)CNc1ncnc2c1sc1nc(C)c3c(c12)CC(C)(C)OC3. The maximum atomic E-state index is 9.85. The summed E-state index contributed by atoms with van der Waals surface area (Å²) in [6, 6.07) is 0. The van der Waals surface area contributed by atoms with Gasteiger partial charge in [0.15, 0.2) is 0 Å². The Morgan fingerprint density at radius 1 is 1.35 bits per heavy atom. The minimum Gasteiger partial charge on any atom is -0.391 e. The van der Waals surface area contributed by atoms with Crippen LogP contribution in [0.4, 0.5) is 5.82 Å². The van der Waals surface area contributed by atoms with Crippen molar-refractivity contribution in [2.45, 2.75) is 58.8 Å². The highest BCUT2D eigenvalue weighted by Gasteiger charge is 2.30. The third kappa shape index (κ3) is 2.94. The lowest BCUT2D eigenvalue weighted by Gasteiger charge is -2.32. The Morgan fingerprint density at radius 3 is 2.92 bits per heavy atom. The van der Waals surface area contributed by atoms with Crippen LogP contribution in [0.25, 0.3) is 20.4 Å². The maximum Gasteiger partial charge on any atom is 0.147 e. The first-order chi connectivity index (χ1) is 12.4. The fourth-order valence-electron chi connectivity index (χ4n) is 3.45. The van der Waals surface area contributed by atoms with Crippen molar-refractivity contribution in [3.05, 3.63) is 23.1 Å². The summed E-state index contributed by atoms with van der Waals surface area (Å²) in [5.74, 6) is 0.767. The molecule has 0 fully saturated rings. The topological polar surface area (TPSA) is 80.2 Å². The fraction of sp³-hybridized carbons (Fsp3) is 0.526. The number of aryl methyl sites for hydroxylation is 1. The van der Waals surface area contributed by atoms with E-state index in [0.29, 0.717) is 19.6 Å². The highest BCUT2D eigenvalue weighted by Crippen LogP contribution is 2.41. The van der Waals surface area contributed by atoms with E-state index < -0.39 is 0 Å². The number of rotatable bonds is 4. The molecule has 2 N–H and O–H groups in total. The normalized spacial score (nSPS) is 17.4. The summed E-state index contributed by atoms with van der Waals surface area (Å²) in [5.41, 5.74) is 4.26. The number of fused-ring (bicyclic) bond motifs is 5. The zero-order valence-electron chi connectivity index (χ0n) is 15.6. The van der Waals surface area contributed by atoms with E-state index in [9.17, 15) is 5.11 Å². The standard InChI is InChI=1S/C19H24N4O2S/c1-5-11(24)7-20-17-16-15(21-9-22-17)14-12-6-19(3,4)25-8-13(12)10(2)23-18(14)26-16/h9,11,24H,5-8H2,1-4H3,(H,20,21,22)/t11-/m1/s1. The van der Waals surface area contributed by atoms with Gasteiger partial charge in [-0.1, -0.05) is 6.92 Å². The second-order valence-corrected chi connectivity index (χ2v) is 8.50. The number of ether oxygens (including phenoxy) is 1. The van der Waals surface area contributed by atoms with Gasteiger partial charge in [0, 0.05) is 29.6 Å². The molecule has 0 bridgehead atoms. The first-order valence-corrected chi connectivity index (χ1v) is 9.82. The van der Waals surface area contributed by atoms with E-state index in [-0.39, 0.29) is 11.7 Å². The van der Waals surface area contributed by atoms with Crippen LogP contribution in [0.15, 0.2) is 6.33 Å². The largest absolute Gasteiger partial charge is 0.391 e. The number of hydrogen-bond acceptors (Lipinski definition) is 7. The van der Waals surface area contributed by atoms with Crippen LogP contribution < -0.4 is 5.32 Å². The molecule has 0 radical (unpaired) electrons. The van der Waals surface area contributed by atoms with E-state index in [1.807, 2.05) is 13.8 Å². The molecule has 0 aliphatic carbocycles. The van der Waals surface area contributed by atoms with Crippen LogP contribution in [0.3, 0.4) is 0 Å². The molecule has 4 heterocycles. The molecule has 0 unspecified atom stereocenters. The highest BCUT2D eigenvalue weighted by atomic mass is 32.1. The smallest absolute Gasteiger partial charge is 0.147 e. The zero-order chi connectivity index (χ0) is 18.5. The molecular weight excluding hydrogens is 348 g/mol. The number of aliphatic hydroxyl groups is 1. The van der Waals surface area contributed by atoms with Crippen molar-refractivity contribution < 1.29 is 9.84 Å². The summed E-state index contributed by atoms with van der Waals surface area (Å²) in [7, 11) is 0. The van der Waals surface area contributed by atoms with Gasteiger partial charge in [0.1, 0.15) is 17.0 Å². The Balaban J connectivity index is 1.90. The van der Waals surface area contributed by atoms with Crippen molar-refractivity contribution in [2.24, 2.45) is 0 Å². The first kappa shape index (κ1) is 17.6. The van der Waals surface area contributed by atoms with Gasteiger partial charge in [0.05, 0.1) is 28.5 Å². The third-order valence-corrected chi connectivity index (χ3v) is 6.09. The van der Waals surface area contributed by atoms with Crippen molar-refractivity contribution in [2.75, 3.05) is 11.9 Å². The zero-order valence-corrected chi connectivity index (χ0v) is 16.4. The van der Waals surface area contributed by atoms with E-state index in [2.05, 4.69) is 29.1 Å². The molecular formula is C19H24N4O2S. The number of hydrogen-bond donors (Lipinski definition) is 2. The van der Waals surface area contributed by atoms with Crippen molar-refractivity contribution >= 4 is 37.6 Å². The van der Waals surface area contributed by atoms with Gasteiger partial charge >= 0.3 is 0 Å². The van der Waals surface area contributed by atoms with E-state index in [0.717, 1.165) is 38.4 Å². The molecule has 7 heteroatoms. The minimum absolute atomic E-state index is 0.193. The number of pyridine rings is 1. The molecule has 4 rings (SSSR count). The van der Waals surface area contributed by atoms with E-state index in [1.165, 1.54) is 11.1 Å². The average molecular weight is 372 g/mol. The van der Waals surface area contributed by atoms with E-state index in [4.69, 9.17) is 9.72 Å². The molecule has 0 saturated carbocycles. The summed E-state index contributed by atoms with van der Waals surface area (Å²) >= 11 is 1.61. The molecule has 6 nitrogen and oxygen atoms in total. The Hall–Kier alpha value is -1.83. The van der Waals surface area contributed by atoms with Crippen molar-refractivity contribution in [1.82, 2.24) is 15.0 Å². The average Bonchev–Trinajstić information content (AvgIpc) is 2.97. The molecule has 1 aliphatic heterocycles. The molecule has 0 saturated heterocycles. The van der Waals surface area contributed by atoms with Gasteiger partial charge < -0.3 is 15.2 Å². The number of nitrogens with one attached hydrogen (secondary N) is 1. The molecule has 3 aromatic heterocycles. The quantitative estimate of drug-likeness (QED) is 0.729. The first-order valence-electron chi connectivity index (χ1n) is 9.01. The van der Waals surface area contributed by atoms with Crippen LogP contribution in [0.2, 0.25) is 0 Å². The van der Waals surface area contributed by atoms with Crippen molar-refractivity contribution in [1.29, 1.82) is 0 Å². The summed E-state index contributed by atoms with van der Waals surface area (Å²) in [5, 5.41) is 14.2. The lowest BCUT2D eigenvalue weighted by Crippen LogP contribution is -2.32. The molecule has 26 heavy (non-hydrogen) atoms. The maximum absolute atomic E-state index is 9.85. The molecule has 1 atom stereocenters. The Morgan fingerprint density at radius 2 is 2.15 bits per heavy atom. The highest BCUT2D eigenvalue weighted by molar-refractivity contribution is 7.26. The minimum atomic E-state index is -0.388. The van der Waals surface area contributed by atoms with Gasteiger partial charge in [0.25, 0.3) is 0 Å². The Bertz CT molecular complexity index is 983. The van der Waals surface area contributed by atoms with E-state index >= 15 is 0 Å². The van der Waals surface area contributed by atoms with Gasteiger partial charge in [-0.2, -0.15) is 0 Å². The number of aromatic nitrogens is 3. The monoisotopic (exact) mass is 372 g/mol. The summed E-state index contributed by atoms with van der Waals surface area (Å²) in [6.45, 7) is 9.33. The van der Waals surface area contributed by atoms with Crippen LogP contribution in [-0.2, 0) is 17.8 Å². The lowest BCUT2D eigenvalue weighted by atomic mass is 9.89. The van der Waals surface area contributed by atoms with Crippen molar-refractivity contribution in [3.63, 3.8) is 0 Å². The van der Waals surface area contributed by atoms with Crippen LogP contribution >= 0.6 is 11.3 Å². The summed E-state index contributed by atoms with van der Waals surface area (Å²) in [6.07, 6.45) is 2.75.